The van der Waals surface area contributed by atoms with Gasteiger partial charge in [-0.15, -0.1) is 0 Å². The van der Waals surface area contributed by atoms with Crippen LogP contribution in [0.25, 0.3) is 0 Å². The third-order valence-electron chi connectivity index (χ3n) is 3.35. The van der Waals surface area contributed by atoms with E-state index in [-0.39, 0.29) is 5.91 Å². The fourth-order valence-electron chi connectivity index (χ4n) is 2.06. The first kappa shape index (κ1) is 16.1. The Labute approximate surface area is 131 Å². The monoisotopic (exact) mass is 298 g/mol. The highest BCUT2D eigenvalue weighted by molar-refractivity contribution is 5.93. The molecule has 5 nitrogen and oxygen atoms in total. The molecule has 0 bridgehead atoms. The largest absolute Gasteiger partial charge is 0.333 e. The van der Waals surface area contributed by atoms with Crippen LogP contribution >= 0.6 is 0 Å². The fourth-order valence-corrected chi connectivity index (χ4v) is 2.06. The summed E-state index contributed by atoms with van der Waals surface area (Å²) in [7, 11) is 4.00. The second-order valence-corrected chi connectivity index (χ2v) is 5.53. The predicted octanol–water partition coefficient (Wildman–Crippen LogP) is 1.99. The molecule has 1 amide bonds. The predicted molar refractivity (Wildman–Crippen MR) is 86.5 cm³/mol. The second kappa shape index (κ2) is 7.66. The summed E-state index contributed by atoms with van der Waals surface area (Å²) in [6, 6.07) is 10.0. The average molecular weight is 298 g/mol. The molecule has 0 radical (unpaired) electrons. The van der Waals surface area contributed by atoms with Crippen molar-refractivity contribution in [2.24, 2.45) is 0 Å². The van der Waals surface area contributed by atoms with Gasteiger partial charge in [-0.25, -0.2) is 9.97 Å². The average Bonchev–Trinajstić information content (AvgIpc) is 2.52. The van der Waals surface area contributed by atoms with E-state index in [2.05, 4.69) is 14.9 Å². The van der Waals surface area contributed by atoms with E-state index in [0.717, 1.165) is 12.1 Å². The summed E-state index contributed by atoms with van der Waals surface area (Å²) in [5.74, 6) is 0.630. The molecule has 0 aliphatic rings. The maximum absolute atomic E-state index is 12.7. The lowest BCUT2D eigenvalue weighted by Gasteiger charge is -2.24. The number of likely N-dealkylation sites (N-methyl/N-ethyl adjacent to an activating group) is 1. The van der Waals surface area contributed by atoms with E-state index in [0.29, 0.717) is 24.5 Å². The maximum atomic E-state index is 12.7. The summed E-state index contributed by atoms with van der Waals surface area (Å²) in [5.41, 5.74) is 1.64. The summed E-state index contributed by atoms with van der Waals surface area (Å²) in [5, 5.41) is 0. The van der Waals surface area contributed by atoms with Crippen LogP contribution < -0.4 is 0 Å². The summed E-state index contributed by atoms with van der Waals surface area (Å²) in [6.45, 7) is 3.86. The van der Waals surface area contributed by atoms with Gasteiger partial charge in [-0.05, 0) is 26.6 Å². The number of aryl methyl sites for hydroxylation is 1. The first-order valence-electron chi connectivity index (χ1n) is 7.33. The zero-order valence-electron chi connectivity index (χ0n) is 13.4. The van der Waals surface area contributed by atoms with Crippen LogP contribution in [0.2, 0.25) is 0 Å². The Morgan fingerprint density at radius 2 is 1.68 bits per heavy atom. The first-order valence-corrected chi connectivity index (χ1v) is 7.33. The molecule has 2 rings (SSSR count). The van der Waals surface area contributed by atoms with Gasteiger partial charge in [0.1, 0.15) is 5.82 Å². The van der Waals surface area contributed by atoms with Crippen molar-refractivity contribution in [1.82, 2.24) is 19.8 Å². The summed E-state index contributed by atoms with van der Waals surface area (Å²) in [6.07, 6.45) is 3.19. The standard InChI is InChI=1S/C17H22N4O/c1-14-18-11-16(12-19-14)17(22)21(10-9-20(2)3)13-15-7-5-4-6-8-15/h4-8,11-12H,9-10,13H2,1-3H3. The number of benzene rings is 1. The molecule has 0 saturated carbocycles. The van der Waals surface area contributed by atoms with Crippen LogP contribution in [0.4, 0.5) is 0 Å². The molecule has 0 N–H and O–H groups in total. The molecule has 1 aromatic carbocycles. The van der Waals surface area contributed by atoms with Crippen molar-refractivity contribution < 1.29 is 4.79 Å². The summed E-state index contributed by atoms with van der Waals surface area (Å²) < 4.78 is 0. The van der Waals surface area contributed by atoms with Crippen LogP contribution in [0.5, 0.6) is 0 Å². The van der Waals surface area contributed by atoms with E-state index in [4.69, 9.17) is 0 Å². The second-order valence-electron chi connectivity index (χ2n) is 5.53. The topological polar surface area (TPSA) is 49.3 Å². The van der Waals surface area contributed by atoms with Gasteiger partial charge in [0.2, 0.25) is 0 Å². The molecular weight excluding hydrogens is 276 g/mol. The molecule has 5 heteroatoms. The molecule has 0 saturated heterocycles. The lowest BCUT2D eigenvalue weighted by atomic mass is 10.2. The fraction of sp³-hybridized carbons (Fsp3) is 0.353. The van der Waals surface area contributed by atoms with Crippen molar-refractivity contribution in [2.75, 3.05) is 27.2 Å². The van der Waals surface area contributed by atoms with Crippen LogP contribution in [0.1, 0.15) is 21.7 Å². The Kier molecular flexibility index (Phi) is 5.61. The van der Waals surface area contributed by atoms with Crippen molar-refractivity contribution in [1.29, 1.82) is 0 Å². The van der Waals surface area contributed by atoms with E-state index < -0.39 is 0 Å². The number of rotatable bonds is 6. The molecule has 0 aliphatic carbocycles. The van der Waals surface area contributed by atoms with E-state index in [1.54, 1.807) is 12.4 Å². The molecule has 1 aromatic heterocycles. The highest BCUT2D eigenvalue weighted by Crippen LogP contribution is 2.09. The zero-order valence-corrected chi connectivity index (χ0v) is 13.4. The van der Waals surface area contributed by atoms with Gasteiger partial charge in [0.25, 0.3) is 5.91 Å². The van der Waals surface area contributed by atoms with Crippen molar-refractivity contribution in [3.05, 3.63) is 59.7 Å². The van der Waals surface area contributed by atoms with Crippen LogP contribution in [0, 0.1) is 6.92 Å². The highest BCUT2D eigenvalue weighted by Gasteiger charge is 2.17. The first-order chi connectivity index (χ1) is 10.6. The van der Waals surface area contributed by atoms with E-state index in [1.807, 2.05) is 56.3 Å². The van der Waals surface area contributed by atoms with Crippen LogP contribution in [0.3, 0.4) is 0 Å². The minimum Gasteiger partial charge on any atom is -0.333 e. The van der Waals surface area contributed by atoms with Gasteiger partial charge in [0.15, 0.2) is 0 Å². The SMILES string of the molecule is Cc1ncc(C(=O)N(CCN(C)C)Cc2ccccc2)cn1. The smallest absolute Gasteiger partial charge is 0.257 e. The minimum atomic E-state index is -0.0364. The molecule has 0 spiro atoms. The maximum Gasteiger partial charge on any atom is 0.257 e. The number of nitrogens with zero attached hydrogens (tertiary/aromatic N) is 4. The Morgan fingerprint density at radius 3 is 2.27 bits per heavy atom. The number of carbonyl (C=O) groups is 1. The molecule has 116 valence electrons. The molecule has 0 unspecified atom stereocenters. The zero-order chi connectivity index (χ0) is 15.9. The molecule has 0 atom stereocenters. The number of hydrogen-bond acceptors (Lipinski definition) is 4. The molecule has 22 heavy (non-hydrogen) atoms. The van der Waals surface area contributed by atoms with Gasteiger partial charge < -0.3 is 9.80 Å². The normalized spacial score (nSPS) is 10.7. The third-order valence-corrected chi connectivity index (χ3v) is 3.35. The quantitative estimate of drug-likeness (QED) is 0.818. The van der Waals surface area contributed by atoms with Crippen LogP contribution in [-0.4, -0.2) is 52.9 Å². The number of hydrogen-bond donors (Lipinski definition) is 0. The Bertz CT molecular complexity index is 596. The van der Waals surface area contributed by atoms with Gasteiger partial charge in [-0.2, -0.15) is 0 Å². The summed E-state index contributed by atoms with van der Waals surface area (Å²) >= 11 is 0. The number of carbonyl (C=O) groups excluding carboxylic acids is 1. The molecule has 2 aromatic rings. The van der Waals surface area contributed by atoms with Gasteiger partial charge in [0, 0.05) is 32.0 Å². The summed E-state index contributed by atoms with van der Waals surface area (Å²) in [4.78, 5) is 24.8. The third kappa shape index (κ3) is 4.63. The lowest BCUT2D eigenvalue weighted by Crippen LogP contribution is -2.36. The van der Waals surface area contributed by atoms with E-state index in [9.17, 15) is 4.79 Å². The van der Waals surface area contributed by atoms with Crippen molar-refractivity contribution >= 4 is 5.91 Å². The van der Waals surface area contributed by atoms with Gasteiger partial charge in [-0.3, -0.25) is 4.79 Å². The Hall–Kier alpha value is -2.27. The van der Waals surface area contributed by atoms with E-state index >= 15 is 0 Å². The van der Waals surface area contributed by atoms with Crippen molar-refractivity contribution in [3.8, 4) is 0 Å². The van der Waals surface area contributed by atoms with Gasteiger partial charge in [0.05, 0.1) is 5.56 Å². The molecule has 0 aliphatic heterocycles. The molecule has 0 fully saturated rings. The lowest BCUT2D eigenvalue weighted by molar-refractivity contribution is 0.0731. The minimum absolute atomic E-state index is 0.0364. The van der Waals surface area contributed by atoms with E-state index in [1.165, 1.54) is 0 Å². The Morgan fingerprint density at radius 1 is 1.05 bits per heavy atom. The highest BCUT2D eigenvalue weighted by atomic mass is 16.2. The van der Waals surface area contributed by atoms with Crippen LogP contribution in [0.15, 0.2) is 42.7 Å². The van der Waals surface area contributed by atoms with Crippen LogP contribution in [-0.2, 0) is 6.54 Å². The van der Waals surface area contributed by atoms with Crippen molar-refractivity contribution in [2.45, 2.75) is 13.5 Å². The molecular formula is C17H22N4O. The van der Waals surface area contributed by atoms with Gasteiger partial charge in [-0.1, -0.05) is 30.3 Å². The number of amides is 1. The van der Waals surface area contributed by atoms with Gasteiger partial charge >= 0.3 is 0 Å². The Balaban J connectivity index is 2.15. The number of aromatic nitrogens is 2. The van der Waals surface area contributed by atoms with Crippen molar-refractivity contribution in [3.63, 3.8) is 0 Å². The molecule has 1 heterocycles.